The normalized spacial score (nSPS) is 22.8. The summed E-state index contributed by atoms with van der Waals surface area (Å²) in [6.07, 6.45) is 10.4. The zero-order valence-corrected chi connectivity index (χ0v) is 17.5. The van der Waals surface area contributed by atoms with E-state index in [1.54, 1.807) is 11.3 Å². The van der Waals surface area contributed by atoms with E-state index in [4.69, 9.17) is 17.0 Å². The minimum Gasteiger partial charge on any atom is -0.462 e. The lowest BCUT2D eigenvalue weighted by Gasteiger charge is -2.28. The van der Waals surface area contributed by atoms with Gasteiger partial charge in [-0.25, -0.2) is 4.79 Å². The Morgan fingerprint density at radius 1 is 1.19 bits per heavy atom. The van der Waals surface area contributed by atoms with Crippen LogP contribution in [0.1, 0.15) is 79.6 Å². The molecule has 0 bridgehead atoms. The third kappa shape index (κ3) is 4.77. The molecular weight excluding hydrogens is 364 g/mol. The number of thiophene rings is 1. The Kier molecular flexibility index (Phi) is 6.92. The second-order valence-corrected chi connectivity index (χ2v) is 9.06. The molecule has 0 amide bonds. The monoisotopic (exact) mass is 394 g/mol. The lowest BCUT2D eigenvalue weighted by Crippen LogP contribution is -2.39. The number of hydrogen-bond acceptors (Lipinski definition) is 4. The molecule has 0 radical (unpaired) electrons. The van der Waals surface area contributed by atoms with Gasteiger partial charge in [0.2, 0.25) is 0 Å². The van der Waals surface area contributed by atoms with Crippen LogP contribution in [0, 0.1) is 5.92 Å². The summed E-state index contributed by atoms with van der Waals surface area (Å²) in [4.78, 5) is 13.9. The van der Waals surface area contributed by atoms with Gasteiger partial charge in [-0.2, -0.15) is 0 Å². The molecule has 0 atom stereocenters. The van der Waals surface area contributed by atoms with Crippen molar-refractivity contribution in [2.45, 2.75) is 77.7 Å². The van der Waals surface area contributed by atoms with Crippen molar-refractivity contribution in [1.82, 2.24) is 5.32 Å². The fraction of sp³-hybridized carbons (Fsp3) is 0.700. The molecule has 2 N–H and O–H groups in total. The SMILES string of the molecule is CCOC(=O)c1c(NC(=S)NC2CCC(C)CC2)sc2c1CCCCC2. The van der Waals surface area contributed by atoms with Crippen LogP contribution >= 0.6 is 23.6 Å². The smallest absolute Gasteiger partial charge is 0.341 e. The Hall–Kier alpha value is -1.14. The van der Waals surface area contributed by atoms with Crippen molar-refractivity contribution < 1.29 is 9.53 Å². The largest absolute Gasteiger partial charge is 0.462 e. The molecule has 1 fully saturated rings. The summed E-state index contributed by atoms with van der Waals surface area (Å²) >= 11 is 7.24. The van der Waals surface area contributed by atoms with Gasteiger partial charge in [0.25, 0.3) is 0 Å². The summed E-state index contributed by atoms with van der Waals surface area (Å²) in [5.74, 6) is 0.599. The lowest BCUT2D eigenvalue weighted by atomic mass is 9.87. The third-order valence-corrected chi connectivity index (χ3v) is 6.91. The van der Waals surface area contributed by atoms with Crippen LogP contribution < -0.4 is 10.6 Å². The first-order valence-corrected chi connectivity index (χ1v) is 11.2. The number of carbonyl (C=O) groups excluding carboxylic acids is 1. The fourth-order valence-corrected chi connectivity index (χ4v) is 5.59. The van der Waals surface area contributed by atoms with Gasteiger partial charge in [-0.3, -0.25) is 0 Å². The standard InChI is InChI=1S/C20H30N2O2S2/c1-3-24-19(23)17-15-7-5-4-6-8-16(15)26-18(17)22-20(25)21-14-11-9-13(2)10-12-14/h13-14H,3-12H2,1-2H3,(H2,21,22,25). The summed E-state index contributed by atoms with van der Waals surface area (Å²) in [5, 5.41) is 8.27. The third-order valence-electron chi connectivity index (χ3n) is 5.48. The zero-order chi connectivity index (χ0) is 18.5. The van der Waals surface area contributed by atoms with Crippen molar-refractivity contribution >= 4 is 39.6 Å². The van der Waals surface area contributed by atoms with E-state index in [9.17, 15) is 4.79 Å². The van der Waals surface area contributed by atoms with Gasteiger partial charge in [-0.15, -0.1) is 11.3 Å². The molecule has 0 saturated heterocycles. The van der Waals surface area contributed by atoms with Crippen LogP contribution in [0.2, 0.25) is 0 Å². The second kappa shape index (κ2) is 9.18. The van der Waals surface area contributed by atoms with E-state index < -0.39 is 0 Å². The highest BCUT2D eigenvalue weighted by molar-refractivity contribution is 7.80. The molecule has 3 rings (SSSR count). The number of anilines is 1. The minimum atomic E-state index is -0.219. The fourth-order valence-electron chi connectivity index (χ4n) is 3.98. The number of aryl methyl sites for hydroxylation is 1. The first kappa shape index (κ1) is 19.6. The molecule has 2 aliphatic rings. The van der Waals surface area contributed by atoms with E-state index in [1.807, 2.05) is 6.92 Å². The van der Waals surface area contributed by atoms with Crippen LogP contribution in [0.25, 0.3) is 0 Å². The Morgan fingerprint density at radius 3 is 2.65 bits per heavy atom. The zero-order valence-electron chi connectivity index (χ0n) is 15.9. The molecule has 6 heteroatoms. The number of nitrogens with one attached hydrogen (secondary N) is 2. The number of esters is 1. The van der Waals surface area contributed by atoms with Crippen LogP contribution in [0.3, 0.4) is 0 Å². The van der Waals surface area contributed by atoms with E-state index in [1.165, 1.54) is 36.1 Å². The molecule has 0 aliphatic heterocycles. The molecule has 4 nitrogen and oxygen atoms in total. The van der Waals surface area contributed by atoms with E-state index in [-0.39, 0.29) is 5.97 Å². The number of carbonyl (C=O) groups is 1. The van der Waals surface area contributed by atoms with E-state index in [0.29, 0.717) is 17.8 Å². The van der Waals surface area contributed by atoms with Crippen LogP contribution in [0.5, 0.6) is 0 Å². The van der Waals surface area contributed by atoms with Crippen molar-refractivity contribution in [2.24, 2.45) is 5.92 Å². The predicted octanol–water partition coefficient (Wildman–Crippen LogP) is 5.06. The molecule has 1 saturated carbocycles. The molecule has 144 valence electrons. The van der Waals surface area contributed by atoms with Crippen molar-refractivity contribution in [3.8, 4) is 0 Å². The lowest BCUT2D eigenvalue weighted by molar-refractivity contribution is 0.0527. The van der Waals surface area contributed by atoms with Crippen LogP contribution in [0.4, 0.5) is 5.00 Å². The van der Waals surface area contributed by atoms with Crippen molar-refractivity contribution in [3.63, 3.8) is 0 Å². The topological polar surface area (TPSA) is 50.4 Å². The predicted molar refractivity (Wildman–Crippen MR) is 112 cm³/mol. The molecule has 26 heavy (non-hydrogen) atoms. The van der Waals surface area contributed by atoms with E-state index in [2.05, 4.69) is 17.6 Å². The first-order chi connectivity index (χ1) is 12.6. The molecule has 0 spiro atoms. The van der Waals surface area contributed by atoms with Crippen molar-refractivity contribution in [3.05, 3.63) is 16.0 Å². The molecule has 1 aromatic rings. The van der Waals surface area contributed by atoms with Crippen molar-refractivity contribution in [1.29, 1.82) is 0 Å². The molecule has 2 aliphatic carbocycles. The maximum Gasteiger partial charge on any atom is 0.341 e. The molecule has 0 unspecified atom stereocenters. The van der Waals surface area contributed by atoms with Gasteiger partial charge in [0.1, 0.15) is 5.00 Å². The van der Waals surface area contributed by atoms with Crippen molar-refractivity contribution in [2.75, 3.05) is 11.9 Å². The van der Waals surface area contributed by atoms with Gasteiger partial charge < -0.3 is 15.4 Å². The average Bonchev–Trinajstić information content (AvgIpc) is 2.78. The molecule has 1 heterocycles. The number of thiocarbonyl (C=S) groups is 1. The second-order valence-electron chi connectivity index (χ2n) is 7.54. The maximum atomic E-state index is 12.6. The van der Waals surface area contributed by atoms with E-state index >= 15 is 0 Å². The van der Waals surface area contributed by atoms with Gasteiger partial charge in [0, 0.05) is 10.9 Å². The molecule has 1 aromatic heterocycles. The maximum absolute atomic E-state index is 12.6. The Labute approximate surface area is 166 Å². The summed E-state index contributed by atoms with van der Waals surface area (Å²) < 4.78 is 5.34. The highest BCUT2D eigenvalue weighted by Gasteiger charge is 2.26. The van der Waals surface area contributed by atoms with Crippen LogP contribution in [0.15, 0.2) is 0 Å². The van der Waals surface area contributed by atoms with Crippen LogP contribution in [-0.2, 0) is 17.6 Å². The molecule has 0 aromatic carbocycles. The van der Waals surface area contributed by atoms with Gasteiger partial charge in [-0.05, 0) is 82.0 Å². The van der Waals surface area contributed by atoms with Gasteiger partial charge in [0.15, 0.2) is 5.11 Å². The highest BCUT2D eigenvalue weighted by Crippen LogP contribution is 2.38. The first-order valence-electron chi connectivity index (χ1n) is 9.97. The van der Waals surface area contributed by atoms with Gasteiger partial charge in [0.05, 0.1) is 12.2 Å². The summed E-state index contributed by atoms with van der Waals surface area (Å²) in [5.41, 5.74) is 1.90. The highest BCUT2D eigenvalue weighted by atomic mass is 32.1. The summed E-state index contributed by atoms with van der Waals surface area (Å²) in [7, 11) is 0. The molecular formula is C20H30N2O2S2. The summed E-state index contributed by atoms with van der Waals surface area (Å²) in [6, 6.07) is 0.440. The van der Waals surface area contributed by atoms with Gasteiger partial charge >= 0.3 is 5.97 Å². The Balaban J connectivity index is 1.73. The quantitative estimate of drug-likeness (QED) is 0.425. The number of fused-ring (bicyclic) bond motifs is 1. The van der Waals surface area contributed by atoms with Gasteiger partial charge in [-0.1, -0.05) is 13.3 Å². The van der Waals surface area contributed by atoms with Crippen LogP contribution in [-0.4, -0.2) is 23.7 Å². The average molecular weight is 395 g/mol. The summed E-state index contributed by atoms with van der Waals surface area (Å²) in [6.45, 7) is 4.56. The number of ether oxygens (including phenoxy) is 1. The minimum absolute atomic E-state index is 0.219. The number of rotatable bonds is 4. The Bertz CT molecular complexity index is 648. The Morgan fingerprint density at radius 2 is 1.92 bits per heavy atom. The van der Waals surface area contributed by atoms with E-state index in [0.717, 1.165) is 48.6 Å². The number of hydrogen-bond donors (Lipinski definition) is 2.